The molecule has 62 valence electrons. The molecule has 1 aromatic rings. The second kappa shape index (κ2) is 4.10. The summed E-state index contributed by atoms with van der Waals surface area (Å²) in [6.45, 7) is 3.55. The van der Waals surface area contributed by atoms with Crippen LogP contribution in [0.15, 0.2) is 6.20 Å². The van der Waals surface area contributed by atoms with Gasteiger partial charge in [-0.15, -0.1) is 0 Å². The van der Waals surface area contributed by atoms with E-state index in [4.69, 9.17) is 5.11 Å². The van der Waals surface area contributed by atoms with Gasteiger partial charge in [0.2, 0.25) is 0 Å². The maximum Gasteiger partial charge on any atom is 0.0556 e. The highest BCUT2D eigenvalue weighted by molar-refractivity contribution is 5.13. The van der Waals surface area contributed by atoms with Gasteiger partial charge in [-0.05, 0) is 6.92 Å². The van der Waals surface area contributed by atoms with Crippen LogP contribution in [0.25, 0.3) is 0 Å². The Bertz CT molecular complexity index is 209. The van der Waals surface area contributed by atoms with Crippen LogP contribution in [0.5, 0.6) is 0 Å². The molecule has 0 atom stereocenters. The van der Waals surface area contributed by atoms with Crippen LogP contribution in [-0.2, 0) is 6.54 Å². The van der Waals surface area contributed by atoms with Crippen LogP contribution in [0, 0.1) is 6.92 Å². The molecule has 0 aliphatic rings. The zero-order valence-electron chi connectivity index (χ0n) is 6.59. The quantitative estimate of drug-likeness (QED) is 0.528. The Labute approximate surface area is 65.6 Å². The summed E-state index contributed by atoms with van der Waals surface area (Å²) >= 11 is 0. The molecule has 1 rings (SSSR count). The molecule has 0 aliphatic heterocycles. The van der Waals surface area contributed by atoms with E-state index in [2.05, 4.69) is 15.5 Å². The zero-order valence-corrected chi connectivity index (χ0v) is 6.59. The molecule has 1 aromatic heterocycles. The summed E-state index contributed by atoms with van der Waals surface area (Å²) in [4.78, 5) is 0. The first-order valence-corrected chi connectivity index (χ1v) is 3.65. The molecule has 1 heterocycles. The average molecular weight is 155 g/mol. The lowest BCUT2D eigenvalue weighted by Gasteiger charge is -1.99. The first kappa shape index (κ1) is 8.23. The highest BCUT2D eigenvalue weighted by Gasteiger charge is 1.97. The Kier molecular flexibility index (Phi) is 3.07. The van der Waals surface area contributed by atoms with Crippen molar-refractivity contribution >= 4 is 0 Å². The van der Waals surface area contributed by atoms with Crippen molar-refractivity contribution in [2.45, 2.75) is 13.5 Å². The molecule has 0 saturated heterocycles. The molecule has 0 bridgehead atoms. The molecule has 0 fully saturated rings. The van der Waals surface area contributed by atoms with Crippen LogP contribution in [0.4, 0.5) is 0 Å². The summed E-state index contributed by atoms with van der Waals surface area (Å²) in [7, 11) is 0. The number of aromatic nitrogens is 2. The number of hydrogen-bond donors (Lipinski definition) is 3. The number of rotatable bonds is 4. The zero-order chi connectivity index (χ0) is 8.10. The number of H-pyrrole nitrogens is 1. The van der Waals surface area contributed by atoms with Crippen LogP contribution in [0.1, 0.15) is 11.3 Å². The van der Waals surface area contributed by atoms with Gasteiger partial charge in [-0.1, -0.05) is 0 Å². The van der Waals surface area contributed by atoms with Gasteiger partial charge < -0.3 is 10.4 Å². The van der Waals surface area contributed by atoms with Gasteiger partial charge in [0.15, 0.2) is 0 Å². The Morgan fingerprint density at radius 3 is 3.09 bits per heavy atom. The van der Waals surface area contributed by atoms with Gasteiger partial charge in [-0.25, -0.2) is 0 Å². The highest BCUT2D eigenvalue weighted by Crippen LogP contribution is 2.00. The fraction of sp³-hybridized carbons (Fsp3) is 0.571. The Hall–Kier alpha value is -0.870. The Morgan fingerprint density at radius 1 is 1.73 bits per heavy atom. The van der Waals surface area contributed by atoms with E-state index in [1.54, 1.807) is 6.20 Å². The topological polar surface area (TPSA) is 60.9 Å². The fourth-order valence-electron chi connectivity index (χ4n) is 0.856. The van der Waals surface area contributed by atoms with Crippen molar-refractivity contribution < 1.29 is 5.11 Å². The van der Waals surface area contributed by atoms with Crippen molar-refractivity contribution in [2.24, 2.45) is 0 Å². The van der Waals surface area contributed by atoms with Crippen molar-refractivity contribution in [3.05, 3.63) is 17.5 Å². The van der Waals surface area contributed by atoms with Crippen LogP contribution in [0.2, 0.25) is 0 Å². The summed E-state index contributed by atoms with van der Waals surface area (Å²) in [5, 5.41) is 18.3. The molecule has 0 spiro atoms. The predicted molar refractivity (Wildman–Crippen MR) is 42.1 cm³/mol. The van der Waals surface area contributed by atoms with E-state index < -0.39 is 0 Å². The molecule has 0 unspecified atom stereocenters. The molecule has 0 radical (unpaired) electrons. The van der Waals surface area contributed by atoms with Gasteiger partial charge >= 0.3 is 0 Å². The van der Waals surface area contributed by atoms with Crippen LogP contribution in [-0.4, -0.2) is 28.5 Å². The number of aromatic amines is 1. The number of hydrogen-bond acceptors (Lipinski definition) is 3. The highest BCUT2D eigenvalue weighted by atomic mass is 16.3. The standard InChI is InChI=1S/C7H13N3O/c1-6-7(5-9-10-6)4-8-2-3-11/h5,8,11H,2-4H2,1H3,(H,9,10). The lowest BCUT2D eigenvalue weighted by Crippen LogP contribution is -2.17. The molecular formula is C7H13N3O. The van der Waals surface area contributed by atoms with E-state index in [9.17, 15) is 0 Å². The molecule has 4 heteroatoms. The lowest BCUT2D eigenvalue weighted by molar-refractivity contribution is 0.292. The first-order valence-electron chi connectivity index (χ1n) is 3.65. The van der Waals surface area contributed by atoms with Gasteiger partial charge in [0, 0.05) is 24.3 Å². The molecule has 0 saturated carbocycles. The second-order valence-corrected chi connectivity index (χ2v) is 2.42. The minimum absolute atomic E-state index is 0.177. The van der Waals surface area contributed by atoms with Gasteiger partial charge in [0.1, 0.15) is 0 Å². The third-order valence-electron chi connectivity index (χ3n) is 1.54. The second-order valence-electron chi connectivity index (χ2n) is 2.42. The van der Waals surface area contributed by atoms with Gasteiger partial charge in [0.25, 0.3) is 0 Å². The summed E-state index contributed by atoms with van der Waals surface area (Å²) in [5.41, 5.74) is 2.23. The summed E-state index contributed by atoms with van der Waals surface area (Å²) < 4.78 is 0. The number of aryl methyl sites for hydroxylation is 1. The first-order chi connectivity index (χ1) is 5.34. The summed E-state index contributed by atoms with van der Waals surface area (Å²) in [6.07, 6.45) is 1.79. The van der Waals surface area contributed by atoms with Crippen LogP contribution >= 0.6 is 0 Å². The largest absolute Gasteiger partial charge is 0.395 e. The van der Waals surface area contributed by atoms with Crippen molar-refractivity contribution in [1.82, 2.24) is 15.5 Å². The molecule has 11 heavy (non-hydrogen) atoms. The van der Waals surface area contributed by atoms with Crippen molar-refractivity contribution in [1.29, 1.82) is 0 Å². The van der Waals surface area contributed by atoms with Crippen LogP contribution < -0.4 is 5.32 Å². The fourth-order valence-corrected chi connectivity index (χ4v) is 0.856. The predicted octanol–water partition coefficient (Wildman–Crippen LogP) is -0.200. The number of aliphatic hydroxyl groups is 1. The summed E-state index contributed by atoms with van der Waals surface area (Å²) in [5.74, 6) is 0. The van der Waals surface area contributed by atoms with Crippen molar-refractivity contribution in [2.75, 3.05) is 13.2 Å². The van der Waals surface area contributed by atoms with E-state index in [-0.39, 0.29) is 6.61 Å². The van der Waals surface area contributed by atoms with Crippen molar-refractivity contribution in [3.8, 4) is 0 Å². The summed E-state index contributed by atoms with van der Waals surface area (Å²) in [6, 6.07) is 0. The molecule has 0 aliphatic carbocycles. The van der Waals surface area contributed by atoms with E-state index in [1.807, 2.05) is 6.92 Å². The third kappa shape index (κ3) is 2.32. The molecular weight excluding hydrogens is 142 g/mol. The third-order valence-corrected chi connectivity index (χ3v) is 1.54. The number of aliphatic hydroxyl groups excluding tert-OH is 1. The lowest BCUT2D eigenvalue weighted by atomic mass is 10.3. The normalized spacial score (nSPS) is 10.4. The smallest absolute Gasteiger partial charge is 0.0556 e. The maximum absolute atomic E-state index is 8.48. The number of nitrogens with zero attached hydrogens (tertiary/aromatic N) is 1. The monoisotopic (exact) mass is 155 g/mol. The Balaban J connectivity index is 2.32. The Morgan fingerprint density at radius 2 is 2.55 bits per heavy atom. The van der Waals surface area contributed by atoms with Gasteiger partial charge in [0.05, 0.1) is 12.8 Å². The molecule has 0 amide bonds. The minimum atomic E-state index is 0.177. The van der Waals surface area contributed by atoms with Crippen LogP contribution in [0.3, 0.4) is 0 Å². The van der Waals surface area contributed by atoms with E-state index in [1.165, 1.54) is 0 Å². The number of nitrogens with one attached hydrogen (secondary N) is 2. The molecule has 0 aromatic carbocycles. The molecule has 3 N–H and O–H groups in total. The molecule has 4 nitrogen and oxygen atoms in total. The van der Waals surface area contributed by atoms with E-state index in [0.717, 1.165) is 17.8 Å². The average Bonchev–Trinajstić information content (AvgIpc) is 2.37. The maximum atomic E-state index is 8.48. The van der Waals surface area contributed by atoms with Gasteiger partial charge in [-0.3, -0.25) is 5.10 Å². The SMILES string of the molecule is Cc1[nH]ncc1CNCCO. The van der Waals surface area contributed by atoms with Crippen molar-refractivity contribution in [3.63, 3.8) is 0 Å². The minimum Gasteiger partial charge on any atom is -0.395 e. The van der Waals surface area contributed by atoms with E-state index in [0.29, 0.717) is 6.54 Å². The van der Waals surface area contributed by atoms with Gasteiger partial charge in [-0.2, -0.15) is 5.10 Å². The van der Waals surface area contributed by atoms with E-state index >= 15 is 0 Å².